The Kier molecular flexibility index (Phi) is 8.80. The van der Waals surface area contributed by atoms with Gasteiger partial charge in [0, 0.05) is 31.6 Å². The van der Waals surface area contributed by atoms with Crippen molar-refractivity contribution in [1.82, 2.24) is 9.88 Å². The van der Waals surface area contributed by atoms with Gasteiger partial charge in [-0.2, -0.15) is 0 Å². The Morgan fingerprint density at radius 3 is 2.60 bits per heavy atom. The van der Waals surface area contributed by atoms with Gasteiger partial charge in [-0.15, -0.1) is 0 Å². The van der Waals surface area contributed by atoms with Crippen molar-refractivity contribution in [3.05, 3.63) is 53.2 Å². The molecule has 7 nitrogen and oxygen atoms in total. The fourth-order valence-corrected chi connectivity index (χ4v) is 3.14. The van der Waals surface area contributed by atoms with E-state index in [1.165, 1.54) is 0 Å². The predicted octanol–water partition coefficient (Wildman–Crippen LogP) is 3.86. The fourth-order valence-electron chi connectivity index (χ4n) is 3.14. The highest BCUT2D eigenvalue weighted by atomic mass is 16.5. The quantitative estimate of drug-likeness (QED) is 0.587. The first-order chi connectivity index (χ1) is 14.3. The molecule has 0 saturated carbocycles. The van der Waals surface area contributed by atoms with Gasteiger partial charge in [-0.05, 0) is 43.3 Å². The Morgan fingerprint density at radius 1 is 1.23 bits per heavy atom. The maximum Gasteiger partial charge on any atom is 0.313 e. The van der Waals surface area contributed by atoms with Gasteiger partial charge in [0.1, 0.15) is 12.4 Å². The van der Waals surface area contributed by atoms with Gasteiger partial charge in [0.05, 0.1) is 5.92 Å². The fraction of sp³-hybridized carbons (Fsp3) is 0.435. The van der Waals surface area contributed by atoms with Crippen molar-refractivity contribution >= 4 is 11.9 Å². The molecule has 30 heavy (non-hydrogen) atoms. The van der Waals surface area contributed by atoms with Crippen LogP contribution in [0.5, 0.6) is 11.6 Å². The molecule has 1 aliphatic heterocycles. The van der Waals surface area contributed by atoms with Crippen molar-refractivity contribution in [3.8, 4) is 11.6 Å². The first-order valence-electron chi connectivity index (χ1n) is 10.2. The minimum atomic E-state index is -0.833. The summed E-state index contributed by atoms with van der Waals surface area (Å²) in [4.78, 5) is 27.9. The van der Waals surface area contributed by atoms with Crippen LogP contribution in [-0.2, 0) is 20.7 Å². The molecule has 1 unspecified atom stereocenters. The molecular formula is C23H30N2O5. The largest absolute Gasteiger partial charge is 0.481 e. The third-order valence-corrected chi connectivity index (χ3v) is 4.92. The number of benzene rings is 1. The summed E-state index contributed by atoms with van der Waals surface area (Å²) in [6.07, 6.45) is 2.49. The maximum absolute atomic E-state index is 12.4. The van der Waals surface area contributed by atoms with E-state index in [1.54, 1.807) is 6.20 Å². The van der Waals surface area contributed by atoms with Crippen LogP contribution in [0.3, 0.4) is 0 Å². The zero-order valence-corrected chi connectivity index (χ0v) is 18.1. The van der Waals surface area contributed by atoms with Crippen LogP contribution in [0, 0.1) is 0 Å². The maximum atomic E-state index is 12.4. The third kappa shape index (κ3) is 6.56. The van der Waals surface area contributed by atoms with Crippen molar-refractivity contribution < 1.29 is 24.2 Å². The van der Waals surface area contributed by atoms with E-state index < -0.39 is 5.97 Å². The van der Waals surface area contributed by atoms with Crippen LogP contribution in [-0.4, -0.2) is 53.2 Å². The van der Waals surface area contributed by atoms with E-state index in [4.69, 9.17) is 19.4 Å². The number of ether oxygens (including phenoxy) is 2. The summed E-state index contributed by atoms with van der Waals surface area (Å²) < 4.78 is 11.3. The molecule has 0 radical (unpaired) electrons. The number of carbonyl (C=O) groups is 2. The lowest BCUT2D eigenvalue weighted by Gasteiger charge is -2.21. The third-order valence-electron chi connectivity index (χ3n) is 4.92. The molecule has 1 aromatic carbocycles. The van der Waals surface area contributed by atoms with E-state index in [-0.39, 0.29) is 11.9 Å². The summed E-state index contributed by atoms with van der Waals surface area (Å²) >= 11 is 0. The number of carboxylic acids is 1. The lowest BCUT2D eigenvalue weighted by molar-refractivity contribution is -0.145. The summed E-state index contributed by atoms with van der Waals surface area (Å²) in [6.45, 7) is 10.3. The Labute approximate surface area is 177 Å². The normalized spacial score (nSPS) is 12.6. The number of fused-ring (bicyclic) bond motifs is 2. The predicted molar refractivity (Wildman–Crippen MR) is 114 cm³/mol. The zero-order chi connectivity index (χ0) is 22.1. The van der Waals surface area contributed by atoms with Gasteiger partial charge in [0.15, 0.2) is 0 Å². The first kappa shape index (κ1) is 23.3. The number of pyridine rings is 1. The second-order valence-electron chi connectivity index (χ2n) is 7.05. The Morgan fingerprint density at radius 2 is 1.93 bits per heavy atom. The van der Waals surface area contributed by atoms with Gasteiger partial charge in [0.25, 0.3) is 5.97 Å². The summed E-state index contributed by atoms with van der Waals surface area (Å²) in [7, 11) is 0. The topological polar surface area (TPSA) is 89.0 Å². The van der Waals surface area contributed by atoms with Gasteiger partial charge in [0.2, 0.25) is 5.88 Å². The lowest BCUT2D eigenvalue weighted by Crippen LogP contribution is -2.28. The molecule has 2 heterocycles. The van der Waals surface area contributed by atoms with E-state index in [0.29, 0.717) is 12.5 Å². The molecule has 0 saturated heterocycles. The highest BCUT2D eigenvalue weighted by Gasteiger charge is 2.22. The smallest absolute Gasteiger partial charge is 0.313 e. The van der Waals surface area contributed by atoms with Crippen molar-refractivity contribution in [2.45, 2.75) is 40.0 Å². The highest BCUT2D eigenvalue weighted by Crippen LogP contribution is 2.36. The molecule has 162 valence electrons. The van der Waals surface area contributed by atoms with Crippen molar-refractivity contribution in [2.75, 3.05) is 26.2 Å². The van der Waals surface area contributed by atoms with E-state index >= 15 is 0 Å². The number of carbonyl (C=O) groups excluding carboxylic acids is 1. The van der Waals surface area contributed by atoms with Gasteiger partial charge in [-0.1, -0.05) is 32.0 Å². The Hall–Kier alpha value is -2.93. The zero-order valence-electron chi connectivity index (χ0n) is 18.1. The van der Waals surface area contributed by atoms with Gasteiger partial charge >= 0.3 is 5.97 Å². The van der Waals surface area contributed by atoms with Crippen LogP contribution in [0.15, 0.2) is 36.5 Å². The average Bonchev–Trinajstić information content (AvgIpc) is 2.73. The highest BCUT2D eigenvalue weighted by molar-refractivity contribution is 5.78. The number of esters is 1. The van der Waals surface area contributed by atoms with Crippen LogP contribution < -0.4 is 4.74 Å². The molecule has 1 aliphatic rings. The van der Waals surface area contributed by atoms with Gasteiger partial charge < -0.3 is 19.5 Å². The molecule has 0 bridgehead atoms. The van der Waals surface area contributed by atoms with Crippen molar-refractivity contribution in [2.24, 2.45) is 0 Å². The monoisotopic (exact) mass is 414 g/mol. The number of hydrogen-bond donors (Lipinski definition) is 1. The standard InChI is InChI=1S/C21H26N2O3.C2H4O2/c1-4-23(5-2)11-12-25-21(24)15(3)16-8-9-19-18(13-16)14-17-7-6-10-22-20(17)26-19;1-2(3)4/h6-10,13,15H,4-5,11-12,14H2,1-3H3;1H3,(H,3,4). The lowest BCUT2D eigenvalue weighted by atomic mass is 9.95. The average molecular weight is 415 g/mol. The number of carboxylic acid groups (broad SMARTS) is 1. The summed E-state index contributed by atoms with van der Waals surface area (Å²) in [5.41, 5.74) is 3.09. The molecule has 2 aromatic rings. The van der Waals surface area contributed by atoms with Gasteiger partial charge in [-0.25, -0.2) is 4.98 Å². The van der Waals surface area contributed by atoms with Crippen LogP contribution >= 0.6 is 0 Å². The van der Waals surface area contributed by atoms with Crippen LogP contribution in [0.1, 0.15) is 50.3 Å². The van der Waals surface area contributed by atoms with Crippen LogP contribution in [0.25, 0.3) is 0 Å². The number of rotatable bonds is 7. The summed E-state index contributed by atoms with van der Waals surface area (Å²) in [6, 6.07) is 9.82. The second kappa shape index (κ2) is 11.3. The molecule has 0 spiro atoms. The summed E-state index contributed by atoms with van der Waals surface area (Å²) in [5, 5.41) is 7.42. The molecule has 1 aromatic heterocycles. The molecule has 1 atom stereocenters. The van der Waals surface area contributed by atoms with E-state index in [1.807, 2.05) is 37.3 Å². The minimum absolute atomic E-state index is 0.184. The Balaban J connectivity index is 0.000000735. The molecule has 1 N–H and O–H groups in total. The molecule has 0 amide bonds. The molecule has 0 fully saturated rings. The van der Waals surface area contributed by atoms with E-state index in [0.717, 1.165) is 55.4 Å². The van der Waals surface area contributed by atoms with Crippen LogP contribution in [0.4, 0.5) is 0 Å². The van der Waals surface area contributed by atoms with E-state index in [9.17, 15) is 4.79 Å². The first-order valence-corrected chi connectivity index (χ1v) is 10.2. The Bertz CT molecular complexity index is 860. The number of aromatic nitrogens is 1. The van der Waals surface area contributed by atoms with Gasteiger partial charge in [-0.3, -0.25) is 9.59 Å². The summed E-state index contributed by atoms with van der Waals surface area (Å²) in [5.74, 6) is 0.155. The molecule has 0 aliphatic carbocycles. The number of hydrogen-bond acceptors (Lipinski definition) is 6. The van der Waals surface area contributed by atoms with E-state index in [2.05, 4.69) is 23.7 Å². The SMILES string of the molecule is CC(=O)O.CCN(CC)CCOC(=O)C(C)c1ccc2c(c1)Cc1cccnc1O2. The van der Waals surface area contributed by atoms with Crippen molar-refractivity contribution in [1.29, 1.82) is 0 Å². The van der Waals surface area contributed by atoms with Crippen molar-refractivity contribution in [3.63, 3.8) is 0 Å². The number of likely N-dealkylation sites (N-methyl/N-ethyl adjacent to an activating group) is 1. The number of nitrogens with zero attached hydrogens (tertiary/aromatic N) is 2. The molecule has 7 heteroatoms. The second-order valence-corrected chi connectivity index (χ2v) is 7.05. The minimum Gasteiger partial charge on any atom is -0.481 e. The molecular weight excluding hydrogens is 384 g/mol. The number of aliphatic carboxylic acids is 1. The van der Waals surface area contributed by atoms with Crippen LogP contribution in [0.2, 0.25) is 0 Å². The molecule has 3 rings (SSSR count).